The lowest BCUT2D eigenvalue weighted by Gasteiger charge is -2.23. The van der Waals surface area contributed by atoms with Gasteiger partial charge in [0, 0.05) is 18.3 Å². The van der Waals surface area contributed by atoms with Crippen LogP contribution in [0, 0.1) is 0 Å². The highest BCUT2D eigenvalue weighted by atomic mass is 35.5. The average molecular weight is 318 g/mol. The minimum absolute atomic E-state index is 0.300. The Bertz CT molecular complexity index is 766. The van der Waals surface area contributed by atoms with E-state index in [1.807, 2.05) is 0 Å². The van der Waals surface area contributed by atoms with Gasteiger partial charge < -0.3 is 5.73 Å². The van der Waals surface area contributed by atoms with Gasteiger partial charge in [-0.2, -0.15) is 15.5 Å². The van der Waals surface area contributed by atoms with Gasteiger partial charge in [-0.1, -0.05) is 0 Å². The van der Waals surface area contributed by atoms with Gasteiger partial charge in [0.05, 0.1) is 30.2 Å². The number of amidine groups is 1. The summed E-state index contributed by atoms with van der Waals surface area (Å²) in [4.78, 5) is 17.3. The summed E-state index contributed by atoms with van der Waals surface area (Å²) in [5, 5.41) is 5.92. The lowest BCUT2D eigenvalue weighted by molar-refractivity contribution is 0.408. The van der Waals surface area contributed by atoms with Crippen LogP contribution in [0.2, 0.25) is 0 Å². The molecule has 0 radical (unpaired) electrons. The van der Waals surface area contributed by atoms with E-state index in [1.165, 1.54) is 0 Å². The second-order valence-electron chi connectivity index (χ2n) is 4.71. The number of halogens is 1. The number of hydrazine groups is 1. The number of fused-ring (bicyclic) bond motifs is 3. The highest BCUT2D eigenvalue weighted by Gasteiger charge is 2.35. The lowest BCUT2D eigenvalue weighted by atomic mass is 10.2. The van der Waals surface area contributed by atoms with Gasteiger partial charge in [-0.3, -0.25) is 9.97 Å². The third-order valence-electron chi connectivity index (χ3n) is 3.38. The van der Waals surface area contributed by atoms with E-state index in [-0.39, 0.29) is 6.17 Å². The first-order valence-electron chi connectivity index (χ1n) is 6.64. The van der Waals surface area contributed by atoms with Gasteiger partial charge in [0.15, 0.2) is 17.8 Å². The molecule has 10 heteroatoms. The smallest absolute Gasteiger partial charge is 0.219 e. The largest absolute Gasteiger partial charge is 0.368 e. The van der Waals surface area contributed by atoms with Crippen LogP contribution in [0.3, 0.4) is 0 Å². The van der Waals surface area contributed by atoms with Crippen LogP contribution in [0.5, 0.6) is 0 Å². The van der Waals surface area contributed by atoms with Crippen LogP contribution >= 0.6 is 11.6 Å². The monoisotopic (exact) mass is 317 g/mol. The number of aryl methyl sites for hydroxylation is 1. The van der Waals surface area contributed by atoms with Crippen LogP contribution in [-0.4, -0.2) is 42.4 Å². The summed E-state index contributed by atoms with van der Waals surface area (Å²) >= 11 is 5.78. The molecule has 0 aromatic carbocycles. The van der Waals surface area contributed by atoms with Gasteiger partial charge in [0.2, 0.25) is 5.96 Å². The maximum absolute atomic E-state index is 6.02. The highest BCUT2D eigenvalue weighted by molar-refractivity contribution is 6.18. The van der Waals surface area contributed by atoms with E-state index in [0.717, 1.165) is 5.56 Å². The van der Waals surface area contributed by atoms with Gasteiger partial charge in [0.25, 0.3) is 0 Å². The van der Waals surface area contributed by atoms with Crippen LogP contribution in [-0.2, 0) is 6.54 Å². The molecule has 112 valence electrons. The Hall–Kier alpha value is -2.52. The Morgan fingerprint density at radius 3 is 3.00 bits per heavy atom. The van der Waals surface area contributed by atoms with Crippen molar-refractivity contribution >= 4 is 29.2 Å². The first kappa shape index (κ1) is 13.2. The molecule has 0 saturated heterocycles. The zero-order chi connectivity index (χ0) is 15.1. The Labute approximate surface area is 130 Å². The summed E-state index contributed by atoms with van der Waals surface area (Å²) in [6, 6.07) is 0. The van der Waals surface area contributed by atoms with E-state index in [0.29, 0.717) is 35.7 Å². The van der Waals surface area contributed by atoms with Crippen molar-refractivity contribution in [3.8, 4) is 0 Å². The summed E-state index contributed by atoms with van der Waals surface area (Å²) in [6.45, 7) is 0.558. The molecule has 0 amide bonds. The van der Waals surface area contributed by atoms with Gasteiger partial charge in [-0.25, -0.2) is 14.7 Å². The molecule has 2 aromatic rings. The standard InChI is InChI=1S/C12H12ClN9/c13-1-4-21-10-7(5-17-21)11-18-9(8-6-15-2-3-16-8)20-22(11)12(14)19-10/h2-3,5-6,9,20H,1,4H2,(H2,14,19). The second kappa shape index (κ2) is 5.04. The molecule has 0 aliphatic carbocycles. The first-order chi connectivity index (χ1) is 10.8. The van der Waals surface area contributed by atoms with Crippen LogP contribution in [0.25, 0.3) is 0 Å². The normalized spacial score (nSPS) is 19.5. The maximum atomic E-state index is 6.02. The number of guanidine groups is 1. The topological polar surface area (TPSA) is 110 Å². The highest BCUT2D eigenvalue weighted by Crippen LogP contribution is 2.30. The fourth-order valence-electron chi connectivity index (χ4n) is 2.40. The molecule has 0 bridgehead atoms. The minimum atomic E-state index is -0.361. The number of nitrogens with one attached hydrogen (secondary N) is 1. The van der Waals surface area contributed by atoms with Crippen molar-refractivity contribution in [3.63, 3.8) is 0 Å². The fourth-order valence-corrected chi connectivity index (χ4v) is 2.56. The molecular formula is C12H12ClN9. The molecule has 3 N–H and O–H groups in total. The Kier molecular flexibility index (Phi) is 3.01. The molecule has 2 aliphatic rings. The number of rotatable bonds is 3. The van der Waals surface area contributed by atoms with Crippen LogP contribution in [0.15, 0.2) is 34.8 Å². The fraction of sp³-hybridized carbons (Fsp3) is 0.250. The Morgan fingerprint density at radius 1 is 1.32 bits per heavy atom. The number of nitrogens with zero attached hydrogens (tertiary/aromatic N) is 7. The number of nitrogens with two attached hydrogens (primary N) is 1. The summed E-state index contributed by atoms with van der Waals surface area (Å²) in [7, 11) is 0. The van der Waals surface area contributed by atoms with Crippen molar-refractivity contribution in [2.24, 2.45) is 15.7 Å². The third-order valence-corrected chi connectivity index (χ3v) is 3.55. The van der Waals surface area contributed by atoms with Gasteiger partial charge in [0.1, 0.15) is 0 Å². The molecule has 0 spiro atoms. The van der Waals surface area contributed by atoms with Crippen molar-refractivity contribution < 1.29 is 0 Å². The van der Waals surface area contributed by atoms with Gasteiger partial charge >= 0.3 is 0 Å². The molecule has 0 fully saturated rings. The number of alkyl halides is 1. The summed E-state index contributed by atoms with van der Waals surface area (Å²) in [5.74, 6) is 2.07. The Morgan fingerprint density at radius 2 is 2.23 bits per heavy atom. The summed E-state index contributed by atoms with van der Waals surface area (Å²) in [6.07, 6.45) is 6.24. The number of aliphatic imine (C=N–C) groups is 2. The zero-order valence-corrected chi connectivity index (χ0v) is 12.1. The zero-order valence-electron chi connectivity index (χ0n) is 11.4. The molecule has 22 heavy (non-hydrogen) atoms. The molecule has 2 aromatic heterocycles. The quantitative estimate of drug-likeness (QED) is 0.779. The second-order valence-corrected chi connectivity index (χ2v) is 5.09. The van der Waals surface area contributed by atoms with E-state index in [2.05, 4.69) is 30.5 Å². The molecular weight excluding hydrogens is 306 g/mol. The Balaban J connectivity index is 1.76. The van der Waals surface area contributed by atoms with E-state index in [4.69, 9.17) is 17.3 Å². The van der Waals surface area contributed by atoms with Crippen molar-refractivity contribution in [2.75, 3.05) is 5.88 Å². The first-order valence-corrected chi connectivity index (χ1v) is 7.17. The van der Waals surface area contributed by atoms with Crippen LogP contribution in [0.1, 0.15) is 17.4 Å². The summed E-state index contributed by atoms with van der Waals surface area (Å²) < 4.78 is 1.71. The van der Waals surface area contributed by atoms with E-state index < -0.39 is 0 Å². The van der Waals surface area contributed by atoms with Crippen molar-refractivity contribution in [2.45, 2.75) is 12.7 Å². The third kappa shape index (κ3) is 1.94. The molecule has 1 unspecified atom stereocenters. The molecule has 2 aliphatic heterocycles. The van der Waals surface area contributed by atoms with Crippen LogP contribution in [0.4, 0.5) is 5.82 Å². The van der Waals surface area contributed by atoms with Gasteiger partial charge in [-0.15, -0.1) is 11.6 Å². The average Bonchev–Trinajstić information content (AvgIpc) is 3.14. The van der Waals surface area contributed by atoms with Crippen LogP contribution < -0.4 is 11.2 Å². The van der Waals surface area contributed by atoms with E-state index in [9.17, 15) is 0 Å². The van der Waals surface area contributed by atoms with E-state index >= 15 is 0 Å². The van der Waals surface area contributed by atoms with E-state index in [1.54, 1.807) is 34.5 Å². The summed E-state index contributed by atoms with van der Waals surface area (Å²) in [5.41, 5.74) is 10.7. The number of aromatic nitrogens is 4. The SMILES string of the molecule is NC1=Nc2c(cnn2CCCl)C2=NC(c3cnccn3)NN12. The molecule has 4 heterocycles. The number of hydrogen-bond acceptors (Lipinski definition) is 8. The van der Waals surface area contributed by atoms with Crippen molar-refractivity contribution in [1.29, 1.82) is 0 Å². The molecule has 9 nitrogen and oxygen atoms in total. The predicted molar refractivity (Wildman–Crippen MR) is 80.5 cm³/mol. The maximum Gasteiger partial charge on any atom is 0.219 e. The van der Waals surface area contributed by atoms with Crippen molar-refractivity contribution in [1.82, 2.24) is 30.2 Å². The van der Waals surface area contributed by atoms with Gasteiger partial charge in [-0.05, 0) is 0 Å². The molecule has 4 rings (SSSR count). The number of hydrogen-bond donors (Lipinski definition) is 2. The molecule has 0 saturated carbocycles. The molecule has 1 atom stereocenters. The van der Waals surface area contributed by atoms with Crippen molar-refractivity contribution in [3.05, 3.63) is 36.0 Å². The minimum Gasteiger partial charge on any atom is -0.368 e. The lowest BCUT2D eigenvalue weighted by Crippen LogP contribution is -2.48. The predicted octanol–water partition coefficient (Wildman–Crippen LogP) is 0.137.